The molecule has 7 heteroatoms. The summed E-state index contributed by atoms with van der Waals surface area (Å²) < 4.78 is 5.56. The first-order chi connectivity index (χ1) is 12.7. The van der Waals surface area contributed by atoms with Crippen molar-refractivity contribution in [3.05, 3.63) is 51.5 Å². The van der Waals surface area contributed by atoms with Crippen molar-refractivity contribution < 1.29 is 4.74 Å². The predicted molar refractivity (Wildman–Crippen MR) is 121 cm³/mol. The minimum Gasteiger partial charge on any atom is -0.375 e. The highest BCUT2D eigenvalue weighted by atomic mass is 127. The van der Waals surface area contributed by atoms with Gasteiger partial charge >= 0.3 is 0 Å². The van der Waals surface area contributed by atoms with E-state index in [4.69, 9.17) is 15.5 Å². The molecule has 27 heavy (non-hydrogen) atoms. The maximum absolute atomic E-state index is 6.18. The van der Waals surface area contributed by atoms with Gasteiger partial charge in [0.05, 0.1) is 24.9 Å². The van der Waals surface area contributed by atoms with Crippen molar-refractivity contribution >= 4 is 41.3 Å². The van der Waals surface area contributed by atoms with Gasteiger partial charge in [0.25, 0.3) is 0 Å². The average Bonchev–Trinajstić information content (AvgIpc) is 3.09. The number of nitrogens with zero attached hydrogens (tertiary/aromatic N) is 3. The first kappa shape index (κ1) is 20.5. The largest absolute Gasteiger partial charge is 0.375 e. The zero-order valence-corrected chi connectivity index (χ0v) is 18.8. The quantitative estimate of drug-likeness (QED) is 0.400. The Bertz CT molecular complexity index is 780. The number of aliphatic imine (C=N–C) groups is 1. The van der Waals surface area contributed by atoms with Crippen LogP contribution in [0.5, 0.6) is 0 Å². The van der Waals surface area contributed by atoms with E-state index < -0.39 is 0 Å². The Morgan fingerprint density at radius 2 is 2.19 bits per heavy atom. The fraction of sp³-hybridized carbons (Fsp3) is 0.500. The van der Waals surface area contributed by atoms with E-state index in [1.165, 1.54) is 22.6 Å². The van der Waals surface area contributed by atoms with Gasteiger partial charge in [-0.2, -0.15) is 0 Å². The van der Waals surface area contributed by atoms with E-state index in [9.17, 15) is 0 Å². The highest BCUT2D eigenvalue weighted by Crippen LogP contribution is 2.35. The Morgan fingerprint density at radius 3 is 2.96 bits per heavy atom. The number of rotatable bonds is 3. The molecule has 5 nitrogen and oxygen atoms in total. The number of benzene rings is 1. The minimum atomic E-state index is 0. The number of hydrogen-bond acceptors (Lipinski definition) is 4. The Balaban J connectivity index is 0.00000210. The first-order valence-corrected chi connectivity index (χ1v) is 10.2. The summed E-state index contributed by atoms with van der Waals surface area (Å²) in [6.45, 7) is 4.97. The number of hydrogen-bond donors (Lipinski definition) is 1. The topological polar surface area (TPSA) is 63.7 Å². The molecule has 146 valence electrons. The zero-order chi connectivity index (χ0) is 17.9. The fourth-order valence-electron chi connectivity index (χ4n) is 3.78. The van der Waals surface area contributed by atoms with Gasteiger partial charge in [0, 0.05) is 18.0 Å². The second kappa shape index (κ2) is 9.34. The SMILES string of the molecule is CC1CN(C(N)=NCc2nc3c(s2)CC(c2ccccc2)CC3)CCO1.I. The van der Waals surface area contributed by atoms with Gasteiger partial charge in [-0.25, -0.2) is 9.98 Å². The van der Waals surface area contributed by atoms with Crippen molar-refractivity contribution in [3.63, 3.8) is 0 Å². The molecule has 0 bridgehead atoms. The summed E-state index contributed by atoms with van der Waals surface area (Å²) in [5, 5.41) is 1.08. The monoisotopic (exact) mass is 498 g/mol. The molecule has 1 aliphatic carbocycles. The van der Waals surface area contributed by atoms with E-state index in [0.29, 0.717) is 25.0 Å². The van der Waals surface area contributed by atoms with Crippen LogP contribution in [-0.4, -0.2) is 41.6 Å². The molecule has 0 amide bonds. The number of aryl methyl sites for hydroxylation is 1. The molecule has 1 aliphatic heterocycles. The molecule has 0 radical (unpaired) electrons. The van der Waals surface area contributed by atoms with E-state index in [0.717, 1.165) is 30.9 Å². The molecule has 1 saturated heterocycles. The standard InChI is InChI=1S/C20H26N4OS.HI/c1-14-13-24(9-10-25-14)20(21)22-12-19-23-17-8-7-16(11-18(17)26-19)15-5-3-2-4-6-15;/h2-6,14,16H,7-13H2,1H3,(H2,21,22);1H. The van der Waals surface area contributed by atoms with E-state index in [1.54, 1.807) is 11.3 Å². The number of guanidine groups is 1. The molecular formula is C20H27IN4OS. The third-order valence-corrected chi connectivity index (χ3v) is 6.30. The molecule has 1 aromatic carbocycles. The van der Waals surface area contributed by atoms with Crippen LogP contribution >= 0.6 is 35.3 Å². The van der Waals surface area contributed by atoms with Gasteiger partial charge in [0.1, 0.15) is 5.01 Å². The zero-order valence-electron chi connectivity index (χ0n) is 15.6. The molecule has 2 heterocycles. The maximum Gasteiger partial charge on any atom is 0.191 e. The van der Waals surface area contributed by atoms with Crippen LogP contribution in [0.4, 0.5) is 0 Å². The lowest BCUT2D eigenvalue weighted by Crippen LogP contribution is -2.47. The molecule has 0 saturated carbocycles. The molecule has 2 aromatic rings. The van der Waals surface area contributed by atoms with Crippen LogP contribution in [0.3, 0.4) is 0 Å². The van der Waals surface area contributed by atoms with Crippen molar-refractivity contribution in [2.75, 3.05) is 19.7 Å². The third kappa shape index (κ3) is 5.00. The van der Waals surface area contributed by atoms with Gasteiger partial charge in [-0.15, -0.1) is 35.3 Å². The summed E-state index contributed by atoms with van der Waals surface area (Å²) in [5.74, 6) is 1.22. The number of fused-ring (bicyclic) bond motifs is 1. The van der Waals surface area contributed by atoms with Gasteiger partial charge in [-0.1, -0.05) is 30.3 Å². The smallest absolute Gasteiger partial charge is 0.191 e. The van der Waals surface area contributed by atoms with Crippen LogP contribution in [0.15, 0.2) is 35.3 Å². The Hall–Kier alpha value is -1.19. The summed E-state index contributed by atoms with van der Waals surface area (Å²) in [6, 6.07) is 10.8. The van der Waals surface area contributed by atoms with Gasteiger partial charge in [-0.3, -0.25) is 0 Å². The molecular weight excluding hydrogens is 471 g/mol. The number of nitrogens with two attached hydrogens (primary N) is 1. The minimum absolute atomic E-state index is 0. The lowest BCUT2D eigenvalue weighted by Gasteiger charge is -2.31. The number of thiazole rings is 1. The Morgan fingerprint density at radius 1 is 1.37 bits per heavy atom. The lowest BCUT2D eigenvalue weighted by atomic mass is 9.85. The van der Waals surface area contributed by atoms with Crippen LogP contribution in [0.1, 0.15) is 40.4 Å². The number of morpholine rings is 1. The molecule has 2 unspecified atom stereocenters. The van der Waals surface area contributed by atoms with E-state index in [-0.39, 0.29) is 30.1 Å². The summed E-state index contributed by atoms with van der Waals surface area (Å²) >= 11 is 1.81. The molecule has 2 atom stereocenters. The summed E-state index contributed by atoms with van der Waals surface area (Å²) in [7, 11) is 0. The van der Waals surface area contributed by atoms with Crippen molar-refractivity contribution in [2.45, 2.75) is 44.8 Å². The van der Waals surface area contributed by atoms with E-state index in [1.807, 2.05) is 0 Å². The van der Waals surface area contributed by atoms with Crippen molar-refractivity contribution in [2.24, 2.45) is 10.7 Å². The van der Waals surface area contributed by atoms with Crippen LogP contribution in [-0.2, 0) is 24.1 Å². The molecule has 4 rings (SSSR count). The number of aromatic nitrogens is 1. The van der Waals surface area contributed by atoms with Crippen molar-refractivity contribution in [1.29, 1.82) is 0 Å². The van der Waals surface area contributed by atoms with Crippen LogP contribution in [0.25, 0.3) is 0 Å². The second-order valence-electron chi connectivity index (χ2n) is 7.13. The second-order valence-corrected chi connectivity index (χ2v) is 8.30. The van der Waals surface area contributed by atoms with Crippen LogP contribution in [0.2, 0.25) is 0 Å². The molecule has 1 aromatic heterocycles. The first-order valence-electron chi connectivity index (χ1n) is 9.38. The Labute approximate surface area is 182 Å². The highest BCUT2D eigenvalue weighted by molar-refractivity contribution is 14.0. The summed E-state index contributed by atoms with van der Waals surface area (Å²) in [5.41, 5.74) is 8.89. The predicted octanol–water partition coefficient (Wildman–Crippen LogP) is 3.57. The third-order valence-electron chi connectivity index (χ3n) is 5.20. The van der Waals surface area contributed by atoms with E-state index >= 15 is 0 Å². The van der Waals surface area contributed by atoms with Crippen molar-refractivity contribution in [1.82, 2.24) is 9.88 Å². The van der Waals surface area contributed by atoms with Gasteiger partial charge in [-0.05, 0) is 37.7 Å². The highest BCUT2D eigenvalue weighted by Gasteiger charge is 2.24. The maximum atomic E-state index is 6.18. The van der Waals surface area contributed by atoms with Gasteiger partial charge in [0.15, 0.2) is 5.96 Å². The molecule has 1 fully saturated rings. The Kier molecular flexibility index (Phi) is 7.10. The van der Waals surface area contributed by atoms with Crippen LogP contribution < -0.4 is 5.73 Å². The number of halogens is 1. The van der Waals surface area contributed by atoms with E-state index in [2.05, 4.69) is 47.1 Å². The normalized spacial score (nSPS) is 22.9. The summed E-state index contributed by atoms with van der Waals surface area (Å²) in [4.78, 5) is 12.9. The van der Waals surface area contributed by atoms with Gasteiger partial charge < -0.3 is 15.4 Å². The van der Waals surface area contributed by atoms with Crippen molar-refractivity contribution in [3.8, 4) is 0 Å². The average molecular weight is 498 g/mol. The fourth-order valence-corrected chi connectivity index (χ4v) is 4.90. The number of ether oxygens (including phenoxy) is 1. The lowest BCUT2D eigenvalue weighted by molar-refractivity contribution is 0.00529. The van der Waals surface area contributed by atoms with Crippen LogP contribution in [0, 0.1) is 0 Å². The van der Waals surface area contributed by atoms with Gasteiger partial charge in [0.2, 0.25) is 0 Å². The molecule has 0 spiro atoms. The molecule has 2 N–H and O–H groups in total. The summed E-state index contributed by atoms with van der Waals surface area (Å²) in [6.07, 6.45) is 3.54. The molecule has 2 aliphatic rings.